The summed E-state index contributed by atoms with van der Waals surface area (Å²) >= 11 is 0. The zero-order valence-electron chi connectivity index (χ0n) is 10.5. The molecule has 0 heterocycles. The van der Waals surface area contributed by atoms with Gasteiger partial charge in [-0.3, -0.25) is 0 Å². The smallest absolute Gasteiger partial charge is 0.338 e. The number of esters is 1. The molecule has 1 aromatic carbocycles. The molecule has 6 heteroatoms. The number of hydrogen-bond donors (Lipinski definition) is 1. The highest BCUT2D eigenvalue weighted by molar-refractivity contribution is 7.88. The van der Waals surface area contributed by atoms with Crippen molar-refractivity contribution < 1.29 is 17.9 Å². The molecule has 0 fully saturated rings. The molecular formula is C12H17NO4S. The van der Waals surface area contributed by atoms with Crippen molar-refractivity contribution in [1.29, 1.82) is 0 Å². The Kier molecular flexibility index (Phi) is 5.30. The molecule has 1 N–H and O–H groups in total. The first-order chi connectivity index (χ1) is 8.42. The molecule has 0 aliphatic heterocycles. The van der Waals surface area contributed by atoms with Gasteiger partial charge in [0.1, 0.15) is 0 Å². The van der Waals surface area contributed by atoms with Crippen LogP contribution in [0.5, 0.6) is 0 Å². The van der Waals surface area contributed by atoms with Gasteiger partial charge in [-0.15, -0.1) is 0 Å². The number of benzene rings is 1. The zero-order valence-corrected chi connectivity index (χ0v) is 11.3. The van der Waals surface area contributed by atoms with E-state index in [1.54, 1.807) is 31.2 Å². The van der Waals surface area contributed by atoms with Gasteiger partial charge in [-0.05, 0) is 31.0 Å². The Balaban J connectivity index is 2.53. The van der Waals surface area contributed by atoms with Crippen molar-refractivity contribution >= 4 is 16.0 Å². The Morgan fingerprint density at radius 1 is 1.28 bits per heavy atom. The summed E-state index contributed by atoms with van der Waals surface area (Å²) < 4.78 is 29.0. The molecule has 0 unspecified atom stereocenters. The van der Waals surface area contributed by atoms with E-state index >= 15 is 0 Å². The highest BCUT2D eigenvalue weighted by Gasteiger charge is 2.05. The van der Waals surface area contributed by atoms with E-state index in [9.17, 15) is 13.2 Å². The fourth-order valence-corrected chi connectivity index (χ4v) is 1.88. The second kappa shape index (κ2) is 6.51. The molecule has 0 amide bonds. The molecule has 0 atom stereocenters. The molecular weight excluding hydrogens is 254 g/mol. The minimum atomic E-state index is -3.15. The Labute approximate surface area is 107 Å². The van der Waals surface area contributed by atoms with Gasteiger partial charge in [0.05, 0.1) is 18.4 Å². The van der Waals surface area contributed by atoms with Gasteiger partial charge in [0.15, 0.2) is 0 Å². The van der Waals surface area contributed by atoms with Crippen molar-refractivity contribution in [1.82, 2.24) is 4.72 Å². The van der Waals surface area contributed by atoms with Crippen LogP contribution < -0.4 is 4.72 Å². The fraction of sp³-hybridized carbons (Fsp3) is 0.417. The van der Waals surface area contributed by atoms with Gasteiger partial charge in [-0.2, -0.15) is 0 Å². The molecule has 18 heavy (non-hydrogen) atoms. The van der Waals surface area contributed by atoms with Crippen molar-refractivity contribution in [3.63, 3.8) is 0 Å². The Bertz CT molecular complexity index is 493. The van der Waals surface area contributed by atoms with E-state index in [0.717, 1.165) is 11.8 Å². The summed E-state index contributed by atoms with van der Waals surface area (Å²) in [4.78, 5) is 11.4. The first-order valence-corrected chi connectivity index (χ1v) is 7.52. The van der Waals surface area contributed by atoms with Crippen molar-refractivity contribution in [2.75, 3.05) is 19.4 Å². The lowest BCUT2D eigenvalue weighted by Crippen LogP contribution is -2.24. The van der Waals surface area contributed by atoms with Crippen LogP contribution in [0, 0.1) is 0 Å². The lowest BCUT2D eigenvalue weighted by Gasteiger charge is -2.04. The normalized spacial score (nSPS) is 11.2. The second-order valence-corrected chi connectivity index (χ2v) is 5.67. The largest absolute Gasteiger partial charge is 0.462 e. The molecule has 0 aromatic heterocycles. The number of hydrogen-bond acceptors (Lipinski definition) is 4. The Hall–Kier alpha value is -1.40. The summed E-state index contributed by atoms with van der Waals surface area (Å²) in [5.74, 6) is -0.349. The molecule has 0 saturated carbocycles. The van der Waals surface area contributed by atoms with Crippen LogP contribution in [-0.4, -0.2) is 33.8 Å². The predicted octanol–water partition coefficient (Wildman–Crippen LogP) is 0.955. The van der Waals surface area contributed by atoms with Gasteiger partial charge in [0.25, 0.3) is 0 Å². The Morgan fingerprint density at radius 2 is 1.89 bits per heavy atom. The van der Waals surface area contributed by atoms with Gasteiger partial charge >= 0.3 is 5.97 Å². The molecule has 0 bridgehead atoms. The third kappa shape index (κ3) is 5.29. The van der Waals surface area contributed by atoms with Crippen LogP contribution in [0.3, 0.4) is 0 Å². The summed E-state index contributed by atoms with van der Waals surface area (Å²) in [5.41, 5.74) is 1.45. The minimum absolute atomic E-state index is 0.345. The van der Waals surface area contributed by atoms with Crippen molar-refractivity contribution in [3.05, 3.63) is 35.4 Å². The van der Waals surface area contributed by atoms with Gasteiger partial charge < -0.3 is 4.74 Å². The summed E-state index contributed by atoms with van der Waals surface area (Å²) in [7, 11) is -3.15. The third-order valence-corrected chi connectivity index (χ3v) is 2.97. The maximum absolute atomic E-state index is 11.4. The maximum Gasteiger partial charge on any atom is 0.338 e. The molecule has 1 rings (SSSR count). The second-order valence-electron chi connectivity index (χ2n) is 3.83. The minimum Gasteiger partial charge on any atom is -0.462 e. The molecule has 0 aliphatic carbocycles. The topological polar surface area (TPSA) is 72.5 Å². The van der Waals surface area contributed by atoms with Crippen molar-refractivity contribution in [3.8, 4) is 0 Å². The summed E-state index contributed by atoms with van der Waals surface area (Å²) in [6.45, 7) is 2.44. The average molecular weight is 271 g/mol. The van der Waals surface area contributed by atoms with E-state index in [-0.39, 0.29) is 5.97 Å². The van der Waals surface area contributed by atoms with Crippen LogP contribution >= 0.6 is 0 Å². The molecule has 0 spiro atoms. The summed E-state index contributed by atoms with van der Waals surface area (Å²) in [6, 6.07) is 6.92. The number of nitrogens with one attached hydrogen (secondary N) is 1. The fourth-order valence-electron chi connectivity index (χ4n) is 1.40. The number of sulfonamides is 1. The molecule has 5 nitrogen and oxygen atoms in total. The van der Waals surface area contributed by atoms with Crippen molar-refractivity contribution in [2.24, 2.45) is 0 Å². The Morgan fingerprint density at radius 3 is 2.39 bits per heavy atom. The summed E-state index contributed by atoms with van der Waals surface area (Å²) in [6.07, 6.45) is 1.70. The van der Waals surface area contributed by atoms with Crippen LogP contribution in [0.2, 0.25) is 0 Å². The van der Waals surface area contributed by atoms with Crippen LogP contribution in [0.1, 0.15) is 22.8 Å². The number of carbonyl (C=O) groups excluding carboxylic acids is 1. The summed E-state index contributed by atoms with van der Waals surface area (Å²) in [5, 5.41) is 0. The predicted molar refractivity (Wildman–Crippen MR) is 68.9 cm³/mol. The average Bonchev–Trinajstić information content (AvgIpc) is 2.28. The number of carbonyl (C=O) groups is 1. The quantitative estimate of drug-likeness (QED) is 0.782. The van der Waals surface area contributed by atoms with Crippen LogP contribution in [0.15, 0.2) is 24.3 Å². The third-order valence-electron chi connectivity index (χ3n) is 2.24. The van der Waals surface area contributed by atoms with Crippen LogP contribution in [0.25, 0.3) is 0 Å². The molecule has 0 radical (unpaired) electrons. The monoisotopic (exact) mass is 271 g/mol. The van der Waals surface area contributed by atoms with E-state index in [1.807, 2.05) is 0 Å². The van der Waals surface area contributed by atoms with E-state index in [1.165, 1.54) is 0 Å². The standard InChI is InChI=1S/C12H17NO4S/c1-3-17-12(14)11-6-4-10(5-7-11)8-9-13-18(2,15)16/h4-7,13H,3,8-9H2,1-2H3. The molecule has 100 valence electrons. The van der Waals surface area contributed by atoms with Gasteiger partial charge in [0, 0.05) is 6.54 Å². The maximum atomic E-state index is 11.4. The van der Waals surface area contributed by atoms with E-state index in [2.05, 4.69) is 4.72 Å². The SMILES string of the molecule is CCOC(=O)c1ccc(CCNS(C)(=O)=O)cc1. The lowest BCUT2D eigenvalue weighted by molar-refractivity contribution is 0.0526. The molecule has 0 saturated heterocycles. The van der Waals surface area contributed by atoms with Gasteiger partial charge in [0.2, 0.25) is 10.0 Å². The van der Waals surface area contributed by atoms with Crippen LogP contribution in [-0.2, 0) is 21.2 Å². The zero-order chi connectivity index (χ0) is 13.6. The van der Waals surface area contributed by atoms with Crippen molar-refractivity contribution in [2.45, 2.75) is 13.3 Å². The first-order valence-electron chi connectivity index (χ1n) is 5.63. The van der Waals surface area contributed by atoms with Gasteiger partial charge in [-0.1, -0.05) is 12.1 Å². The van der Waals surface area contributed by atoms with Gasteiger partial charge in [-0.25, -0.2) is 17.9 Å². The number of ether oxygens (including phenoxy) is 1. The molecule has 0 aliphatic rings. The van der Waals surface area contributed by atoms with E-state index in [0.29, 0.717) is 25.1 Å². The highest BCUT2D eigenvalue weighted by atomic mass is 32.2. The number of rotatable bonds is 6. The highest BCUT2D eigenvalue weighted by Crippen LogP contribution is 2.06. The van der Waals surface area contributed by atoms with Crippen LogP contribution in [0.4, 0.5) is 0 Å². The molecule has 1 aromatic rings. The van der Waals surface area contributed by atoms with E-state index in [4.69, 9.17) is 4.74 Å². The lowest BCUT2D eigenvalue weighted by atomic mass is 10.1. The first kappa shape index (κ1) is 14.7. The van der Waals surface area contributed by atoms with E-state index < -0.39 is 10.0 Å².